The van der Waals surface area contributed by atoms with Crippen LogP contribution in [-0.2, 0) is 14.3 Å². The highest BCUT2D eigenvalue weighted by Crippen LogP contribution is 2.40. The third-order valence-electron chi connectivity index (χ3n) is 5.48. The normalized spacial score (nSPS) is 23.7. The third kappa shape index (κ3) is 3.80. The monoisotopic (exact) mass is 411 g/mol. The molecule has 1 N–H and O–H groups in total. The van der Waals surface area contributed by atoms with Crippen molar-refractivity contribution in [1.82, 2.24) is 4.90 Å². The summed E-state index contributed by atoms with van der Waals surface area (Å²) in [5.74, 6) is -1.48. The minimum absolute atomic E-state index is 0.0965. The smallest absolute Gasteiger partial charge is 0.295 e. The number of aryl methyl sites for hydroxylation is 1. The van der Waals surface area contributed by atoms with Gasteiger partial charge >= 0.3 is 0 Å². The molecule has 2 heterocycles. The van der Waals surface area contributed by atoms with Crippen molar-refractivity contribution in [1.29, 1.82) is 0 Å². The fourth-order valence-electron chi connectivity index (χ4n) is 3.93. The van der Waals surface area contributed by atoms with Gasteiger partial charge in [-0.05, 0) is 49.6 Å². The SMILES string of the molecule is Cc1ccc([C@@H]2C(=C(O)c3ccc(Cl)cc3)C(=O)C(=O)N2C[C@H]2CCCO2)cc1. The second kappa shape index (κ2) is 8.01. The van der Waals surface area contributed by atoms with Gasteiger partial charge in [0.05, 0.1) is 17.7 Å². The first kappa shape index (κ1) is 19.7. The Morgan fingerprint density at radius 1 is 1.14 bits per heavy atom. The molecule has 2 fully saturated rings. The van der Waals surface area contributed by atoms with E-state index in [9.17, 15) is 14.7 Å². The second-order valence-corrected chi connectivity index (χ2v) is 7.94. The lowest BCUT2D eigenvalue weighted by Gasteiger charge is -2.27. The Balaban J connectivity index is 1.81. The van der Waals surface area contributed by atoms with E-state index in [-0.39, 0.29) is 17.4 Å². The summed E-state index contributed by atoms with van der Waals surface area (Å²) in [6.45, 7) is 2.95. The Labute approximate surface area is 174 Å². The predicted octanol–water partition coefficient (Wildman–Crippen LogP) is 4.25. The van der Waals surface area contributed by atoms with Gasteiger partial charge in [0.2, 0.25) is 0 Å². The first-order valence-corrected chi connectivity index (χ1v) is 10.1. The highest BCUT2D eigenvalue weighted by atomic mass is 35.5. The van der Waals surface area contributed by atoms with Crippen LogP contribution in [0.15, 0.2) is 54.1 Å². The molecule has 29 heavy (non-hydrogen) atoms. The van der Waals surface area contributed by atoms with Crippen molar-refractivity contribution >= 4 is 29.1 Å². The molecule has 0 unspecified atom stereocenters. The van der Waals surface area contributed by atoms with Crippen LogP contribution in [0.5, 0.6) is 0 Å². The standard InChI is InChI=1S/C23H22ClNO4/c1-14-4-6-15(7-5-14)20-19(21(26)16-8-10-17(24)11-9-16)22(27)23(28)25(20)13-18-3-2-12-29-18/h4-11,18,20,26H,2-3,12-13H2,1H3/t18-,20-/m1/s1. The number of aliphatic hydroxyl groups is 1. The highest BCUT2D eigenvalue weighted by Gasteiger charge is 2.47. The first-order chi connectivity index (χ1) is 14.0. The Kier molecular flexibility index (Phi) is 5.43. The maximum Gasteiger partial charge on any atom is 0.295 e. The van der Waals surface area contributed by atoms with Crippen molar-refractivity contribution in [2.45, 2.75) is 31.9 Å². The largest absolute Gasteiger partial charge is 0.507 e. The molecule has 0 saturated carbocycles. The number of likely N-dealkylation sites (tertiary alicyclic amines) is 1. The van der Waals surface area contributed by atoms with Crippen LogP contribution in [-0.4, -0.2) is 41.0 Å². The van der Waals surface area contributed by atoms with E-state index in [0.29, 0.717) is 23.7 Å². The number of rotatable bonds is 4. The molecular weight excluding hydrogens is 390 g/mol. The second-order valence-electron chi connectivity index (χ2n) is 7.50. The van der Waals surface area contributed by atoms with Crippen molar-refractivity contribution in [3.05, 3.63) is 75.8 Å². The molecule has 5 nitrogen and oxygen atoms in total. The summed E-state index contributed by atoms with van der Waals surface area (Å²) in [5.41, 5.74) is 2.40. The highest BCUT2D eigenvalue weighted by molar-refractivity contribution is 6.46. The first-order valence-electron chi connectivity index (χ1n) is 9.68. The van der Waals surface area contributed by atoms with Crippen molar-refractivity contribution < 1.29 is 19.4 Å². The van der Waals surface area contributed by atoms with Gasteiger partial charge in [0.1, 0.15) is 5.76 Å². The van der Waals surface area contributed by atoms with Gasteiger partial charge in [0.15, 0.2) is 0 Å². The number of amides is 1. The fraction of sp³-hybridized carbons (Fsp3) is 0.304. The van der Waals surface area contributed by atoms with Gasteiger partial charge < -0.3 is 14.7 Å². The summed E-state index contributed by atoms with van der Waals surface area (Å²) in [4.78, 5) is 27.4. The van der Waals surface area contributed by atoms with Crippen molar-refractivity contribution in [3.8, 4) is 0 Å². The van der Waals surface area contributed by atoms with Crippen molar-refractivity contribution in [2.75, 3.05) is 13.2 Å². The van der Waals surface area contributed by atoms with E-state index in [2.05, 4.69) is 0 Å². The molecule has 2 aliphatic heterocycles. The van der Waals surface area contributed by atoms with Crippen LogP contribution in [0.2, 0.25) is 5.02 Å². The fourth-order valence-corrected chi connectivity index (χ4v) is 4.06. The number of halogens is 1. The molecule has 2 aromatic rings. The summed E-state index contributed by atoms with van der Waals surface area (Å²) in [5, 5.41) is 11.5. The molecular formula is C23H22ClNO4. The zero-order chi connectivity index (χ0) is 20.5. The molecule has 0 aromatic heterocycles. The summed E-state index contributed by atoms with van der Waals surface area (Å²) in [7, 11) is 0. The van der Waals surface area contributed by atoms with Crippen molar-refractivity contribution in [2.24, 2.45) is 0 Å². The Hall–Kier alpha value is -2.63. The summed E-state index contributed by atoms with van der Waals surface area (Å²) in [6.07, 6.45) is 1.69. The van der Waals surface area contributed by atoms with E-state index in [1.165, 1.54) is 4.90 Å². The molecule has 0 spiro atoms. The van der Waals surface area contributed by atoms with Gasteiger partial charge in [-0.25, -0.2) is 0 Å². The van der Waals surface area contributed by atoms with Crippen LogP contribution < -0.4 is 0 Å². The van der Waals surface area contributed by atoms with Crippen LogP contribution in [0.3, 0.4) is 0 Å². The Morgan fingerprint density at radius 2 is 1.83 bits per heavy atom. The number of Topliss-reactive ketones (excluding diaryl/α,β-unsaturated/α-hetero) is 1. The van der Waals surface area contributed by atoms with Gasteiger partial charge in [0, 0.05) is 23.7 Å². The minimum Gasteiger partial charge on any atom is -0.507 e. The zero-order valence-electron chi connectivity index (χ0n) is 16.1. The quantitative estimate of drug-likeness (QED) is 0.464. The molecule has 1 amide bonds. The van der Waals surface area contributed by atoms with Gasteiger partial charge in [-0.3, -0.25) is 9.59 Å². The van der Waals surface area contributed by atoms with Gasteiger partial charge in [-0.15, -0.1) is 0 Å². The lowest BCUT2D eigenvalue weighted by molar-refractivity contribution is -0.140. The maximum absolute atomic E-state index is 12.9. The maximum atomic E-state index is 12.9. The number of hydrogen-bond donors (Lipinski definition) is 1. The number of benzene rings is 2. The summed E-state index contributed by atoms with van der Waals surface area (Å²) >= 11 is 5.94. The Bertz CT molecular complexity index is 959. The molecule has 150 valence electrons. The van der Waals surface area contributed by atoms with Gasteiger partial charge in [-0.2, -0.15) is 0 Å². The van der Waals surface area contributed by atoms with E-state index in [1.807, 2.05) is 31.2 Å². The van der Waals surface area contributed by atoms with E-state index < -0.39 is 17.7 Å². The molecule has 4 rings (SSSR count). The average Bonchev–Trinajstić information content (AvgIpc) is 3.31. The number of carbonyl (C=O) groups excluding carboxylic acids is 2. The molecule has 2 aliphatic rings. The topological polar surface area (TPSA) is 66.8 Å². The van der Waals surface area contributed by atoms with Gasteiger partial charge in [0.25, 0.3) is 11.7 Å². The van der Waals surface area contributed by atoms with E-state index in [0.717, 1.165) is 24.0 Å². The number of hydrogen-bond acceptors (Lipinski definition) is 4. The number of aliphatic hydroxyl groups excluding tert-OH is 1. The van der Waals surface area contributed by atoms with Gasteiger partial charge in [-0.1, -0.05) is 41.4 Å². The number of ether oxygens (including phenoxy) is 1. The summed E-state index contributed by atoms with van der Waals surface area (Å²) in [6, 6.07) is 13.5. The molecule has 2 aromatic carbocycles. The molecule has 6 heteroatoms. The van der Waals surface area contributed by atoms with Crippen LogP contribution >= 0.6 is 11.6 Å². The van der Waals surface area contributed by atoms with E-state index in [4.69, 9.17) is 16.3 Å². The molecule has 0 bridgehead atoms. The molecule has 0 radical (unpaired) electrons. The minimum atomic E-state index is -0.680. The van der Waals surface area contributed by atoms with Crippen molar-refractivity contribution in [3.63, 3.8) is 0 Å². The number of nitrogens with zero attached hydrogens (tertiary/aromatic N) is 1. The molecule has 2 saturated heterocycles. The molecule has 0 aliphatic carbocycles. The Morgan fingerprint density at radius 3 is 2.45 bits per heavy atom. The lowest BCUT2D eigenvalue weighted by Crippen LogP contribution is -2.36. The predicted molar refractivity (Wildman–Crippen MR) is 111 cm³/mol. The van der Waals surface area contributed by atoms with Crippen LogP contribution in [0.4, 0.5) is 0 Å². The number of ketones is 1. The molecule has 2 atom stereocenters. The summed E-state index contributed by atoms with van der Waals surface area (Å²) < 4.78 is 5.70. The average molecular weight is 412 g/mol. The number of carbonyl (C=O) groups is 2. The van der Waals surface area contributed by atoms with E-state index >= 15 is 0 Å². The van der Waals surface area contributed by atoms with Crippen LogP contribution in [0, 0.1) is 6.92 Å². The zero-order valence-corrected chi connectivity index (χ0v) is 16.9. The van der Waals surface area contributed by atoms with Crippen LogP contribution in [0.25, 0.3) is 5.76 Å². The third-order valence-corrected chi connectivity index (χ3v) is 5.73. The van der Waals surface area contributed by atoms with E-state index in [1.54, 1.807) is 24.3 Å². The van der Waals surface area contributed by atoms with Crippen LogP contribution in [0.1, 0.15) is 35.6 Å². The lowest BCUT2D eigenvalue weighted by atomic mass is 9.94.